The maximum absolute atomic E-state index is 9.72. The highest BCUT2D eigenvalue weighted by Gasteiger charge is 1.96. The fourth-order valence-electron chi connectivity index (χ4n) is 0.0960. The van der Waals surface area contributed by atoms with Crippen molar-refractivity contribution in [3.63, 3.8) is 0 Å². The van der Waals surface area contributed by atoms with Crippen LogP contribution < -0.4 is 5.73 Å². The molecule has 1 atom stereocenters. The van der Waals surface area contributed by atoms with E-state index in [2.05, 4.69) is 12.8 Å². The van der Waals surface area contributed by atoms with Gasteiger partial charge in [0.15, 0.2) is 0 Å². The molecule has 4 heteroatoms. The SMILES string of the molecule is CC(N)N(S)C=O. The van der Waals surface area contributed by atoms with E-state index in [0.29, 0.717) is 6.41 Å². The third-order valence-corrected chi connectivity index (χ3v) is 0.984. The second-order valence-electron chi connectivity index (χ2n) is 1.23. The summed E-state index contributed by atoms with van der Waals surface area (Å²) in [5.74, 6) is 0. The number of hydrogen-bond acceptors (Lipinski definition) is 3. The van der Waals surface area contributed by atoms with Crippen LogP contribution in [-0.4, -0.2) is 16.9 Å². The van der Waals surface area contributed by atoms with E-state index < -0.39 is 0 Å². The van der Waals surface area contributed by atoms with Gasteiger partial charge in [0.2, 0.25) is 6.41 Å². The Bertz CT molecular complexity index is 66.0. The number of thiol groups is 1. The number of carbonyl (C=O) groups is 1. The van der Waals surface area contributed by atoms with Crippen LogP contribution in [0.3, 0.4) is 0 Å². The summed E-state index contributed by atoms with van der Waals surface area (Å²) >= 11 is 3.67. The maximum atomic E-state index is 9.72. The molecular weight excluding hydrogens is 112 g/mol. The molecular formula is C3H8N2OS. The Morgan fingerprint density at radius 1 is 2.00 bits per heavy atom. The van der Waals surface area contributed by atoms with Crippen molar-refractivity contribution in [3.8, 4) is 0 Å². The summed E-state index contributed by atoms with van der Waals surface area (Å²) in [5, 5.41) is 0. The molecule has 1 amide bonds. The van der Waals surface area contributed by atoms with Crippen molar-refractivity contribution in [1.29, 1.82) is 0 Å². The Kier molecular flexibility index (Phi) is 2.78. The summed E-state index contributed by atoms with van der Waals surface area (Å²) < 4.78 is 1.08. The van der Waals surface area contributed by atoms with E-state index in [1.165, 1.54) is 0 Å². The molecule has 0 aliphatic heterocycles. The molecule has 3 nitrogen and oxygen atoms in total. The van der Waals surface area contributed by atoms with Crippen LogP contribution in [0.25, 0.3) is 0 Å². The highest BCUT2D eigenvalue weighted by molar-refractivity contribution is 7.78. The van der Waals surface area contributed by atoms with Crippen LogP contribution in [0.1, 0.15) is 6.92 Å². The Hall–Kier alpha value is -0.220. The van der Waals surface area contributed by atoms with Gasteiger partial charge >= 0.3 is 0 Å². The van der Waals surface area contributed by atoms with E-state index in [1.807, 2.05) is 0 Å². The van der Waals surface area contributed by atoms with Crippen molar-refractivity contribution >= 4 is 19.2 Å². The standard InChI is InChI=1S/C3H8N2OS/c1-3(4)5(7)2-6/h2-3,7H,4H2,1H3. The normalized spacial score (nSPS) is 13.0. The fourth-order valence-corrected chi connectivity index (χ4v) is 0.0960. The van der Waals surface area contributed by atoms with Crippen molar-refractivity contribution in [1.82, 2.24) is 4.31 Å². The zero-order valence-corrected chi connectivity index (χ0v) is 4.93. The van der Waals surface area contributed by atoms with E-state index in [9.17, 15) is 4.79 Å². The molecule has 0 aromatic rings. The summed E-state index contributed by atoms with van der Waals surface area (Å²) in [6.45, 7) is 1.67. The van der Waals surface area contributed by atoms with E-state index in [4.69, 9.17) is 5.73 Å². The van der Waals surface area contributed by atoms with Gasteiger partial charge in [-0.3, -0.25) is 9.10 Å². The average Bonchev–Trinajstić information content (AvgIpc) is 1.65. The molecule has 1 unspecified atom stereocenters. The lowest BCUT2D eigenvalue weighted by Crippen LogP contribution is -2.31. The molecule has 0 aliphatic rings. The lowest BCUT2D eigenvalue weighted by Gasteiger charge is -2.11. The lowest BCUT2D eigenvalue weighted by atomic mass is 10.6. The fraction of sp³-hybridized carbons (Fsp3) is 0.667. The molecule has 2 N–H and O–H groups in total. The summed E-state index contributed by atoms with van der Waals surface area (Å²) in [4.78, 5) is 9.72. The Labute approximate surface area is 48.0 Å². The quantitative estimate of drug-likeness (QED) is 0.296. The Morgan fingerprint density at radius 2 is 2.43 bits per heavy atom. The first-order chi connectivity index (χ1) is 3.18. The number of nitrogens with two attached hydrogens (primary N) is 1. The first-order valence-corrected chi connectivity index (χ1v) is 2.26. The molecule has 0 rings (SSSR count). The minimum Gasteiger partial charge on any atom is -0.311 e. The van der Waals surface area contributed by atoms with Crippen LogP contribution in [0.4, 0.5) is 0 Å². The summed E-state index contributed by atoms with van der Waals surface area (Å²) in [6, 6.07) is 0. The summed E-state index contributed by atoms with van der Waals surface area (Å²) in [5.41, 5.74) is 5.16. The third kappa shape index (κ3) is 2.47. The largest absolute Gasteiger partial charge is 0.311 e. The summed E-state index contributed by atoms with van der Waals surface area (Å²) in [7, 11) is 0. The lowest BCUT2D eigenvalue weighted by molar-refractivity contribution is -0.114. The zero-order chi connectivity index (χ0) is 5.86. The van der Waals surface area contributed by atoms with Gasteiger partial charge in [-0.2, -0.15) is 0 Å². The van der Waals surface area contributed by atoms with E-state index >= 15 is 0 Å². The van der Waals surface area contributed by atoms with Crippen molar-refractivity contribution in [2.45, 2.75) is 13.1 Å². The van der Waals surface area contributed by atoms with Gasteiger partial charge < -0.3 is 5.73 Å². The second-order valence-corrected chi connectivity index (χ2v) is 1.69. The first kappa shape index (κ1) is 6.78. The molecule has 0 radical (unpaired) electrons. The number of nitrogens with zero attached hydrogens (tertiary/aromatic N) is 1. The van der Waals surface area contributed by atoms with Gasteiger partial charge in [-0.15, -0.1) is 0 Å². The number of hydrogen-bond donors (Lipinski definition) is 2. The zero-order valence-electron chi connectivity index (χ0n) is 4.03. The molecule has 0 saturated heterocycles. The predicted octanol–water partition coefficient (Wildman–Crippen LogP) is -0.406. The smallest absolute Gasteiger partial charge is 0.220 e. The van der Waals surface area contributed by atoms with Gasteiger partial charge in [0.05, 0.1) is 6.17 Å². The van der Waals surface area contributed by atoms with E-state index in [-0.39, 0.29) is 6.17 Å². The number of amides is 1. The van der Waals surface area contributed by atoms with Crippen molar-refractivity contribution in [3.05, 3.63) is 0 Å². The van der Waals surface area contributed by atoms with Gasteiger partial charge in [0, 0.05) is 0 Å². The molecule has 0 heterocycles. The van der Waals surface area contributed by atoms with Gasteiger partial charge in [-0.1, -0.05) is 12.8 Å². The molecule has 0 aliphatic carbocycles. The first-order valence-electron chi connectivity index (χ1n) is 1.86. The van der Waals surface area contributed by atoms with Gasteiger partial charge in [-0.05, 0) is 6.92 Å². The van der Waals surface area contributed by atoms with E-state index in [0.717, 1.165) is 4.31 Å². The van der Waals surface area contributed by atoms with Crippen molar-refractivity contribution in [2.75, 3.05) is 0 Å². The topological polar surface area (TPSA) is 46.3 Å². The van der Waals surface area contributed by atoms with Crippen LogP contribution in [-0.2, 0) is 4.79 Å². The Balaban J connectivity index is 3.33. The molecule has 42 valence electrons. The molecule has 0 saturated carbocycles. The average molecular weight is 120 g/mol. The maximum Gasteiger partial charge on any atom is 0.220 e. The van der Waals surface area contributed by atoms with Crippen LogP contribution in [0.2, 0.25) is 0 Å². The third-order valence-electron chi connectivity index (χ3n) is 0.525. The van der Waals surface area contributed by atoms with Crippen molar-refractivity contribution in [2.24, 2.45) is 5.73 Å². The van der Waals surface area contributed by atoms with Crippen LogP contribution in [0.5, 0.6) is 0 Å². The molecule has 0 aromatic carbocycles. The van der Waals surface area contributed by atoms with E-state index in [1.54, 1.807) is 6.92 Å². The number of rotatable bonds is 2. The van der Waals surface area contributed by atoms with Gasteiger partial charge in [0.1, 0.15) is 0 Å². The predicted molar refractivity (Wildman–Crippen MR) is 30.5 cm³/mol. The highest BCUT2D eigenvalue weighted by Crippen LogP contribution is 1.88. The molecule has 0 fully saturated rings. The molecule has 7 heavy (non-hydrogen) atoms. The monoisotopic (exact) mass is 120 g/mol. The van der Waals surface area contributed by atoms with Gasteiger partial charge in [0.25, 0.3) is 0 Å². The minimum absolute atomic E-state index is 0.305. The highest BCUT2D eigenvalue weighted by atomic mass is 32.1. The summed E-state index contributed by atoms with van der Waals surface area (Å²) in [6.07, 6.45) is 0.258. The van der Waals surface area contributed by atoms with Crippen LogP contribution in [0, 0.1) is 0 Å². The molecule has 0 aromatic heterocycles. The van der Waals surface area contributed by atoms with Crippen molar-refractivity contribution < 1.29 is 4.79 Å². The second kappa shape index (κ2) is 2.87. The minimum atomic E-state index is -0.305. The molecule has 0 spiro atoms. The van der Waals surface area contributed by atoms with Gasteiger partial charge in [-0.25, -0.2) is 0 Å². The number of carbonyl (C=O) groups excluding carboxylic acids is 1. The van der Waals surface area contributed by atoms with Crippen LogP contribution in [0.15, 0.2) is 0 Å². The Morgan fingerprint density at radius 3 is 2.43 bits per heavy atom. The molecule has 0 bridgehead atoms. The van der Waals surface area contributed by atoms with Crippen LogP contribution >= 0.6 is 12.8 Å².